The van der Waals surface area contributed by atoms with Crippen LogP contribution in [0.15, 0.2) is 24.4 Å². The number of nitrogen functional groups attached to an aromatic ring is 1. The van der Waals surface area contributed by atoms with E-state index in [9.17, 15) is 13.2 Å². The van der Waals surface area contributed by atoms with Gasteiger partial charge < -0.3 is 10.3 Å². The van der Waals surface area contributed by atoms with E-state index in [1.54, 1.807) is 35.8 Å². The third kappa shape index (κ3) is 2.63. The zero-order valence-corrected chi connectivity index (χ0v) is 13.9. The van der Waals surface area contributed by atoms with Crippen molar-refractivity contribution in [2.24, 2.45) is 0 Å². The van der Waals surface area contributed by atoms with Crippen molar-refractivity contribution < 1.29 is 13.2 Å². The number of imidazole rings is 1. The van der Waals surface area contributed by atoms with Crippen molar-refractivity contribution in [2.45, 2.75) is 26.6 Å². The quantitative estimate of drug-likeness (QED) is 0.593. The van der Waals surface area contributed by atoms with Crippen LogP contribution in [0.3, 0.4) is 0 Å². The Hall–Kier alpha value is -3.17. The van der Waals surface area contributed by atoms with Crippen LogP contribution in [0, 0.1) is 13.8 Å². The third-order valence-electron chi connectivity index (χ3n) is 4.04. The van der Waals surface area contributed by atoms with Gasteiger partial charge in [0, 0.05) is 11.8 Å². The average molecular weight is 361 g/mol. The highest BCUT2D eigenvalue weighted by Crippen LogP contribution is 2.29. The second-order valence-electron chi connectivity index (χ2n) is 5.97. The fraction of sp³-hybridized carbons (Fsp3) is 0.250. The van der Waals surface area contributed by atoms with Crippen LogP contribution >= 0.6 is 0 Å². The van der Waals surface area contributed by atoms with Crippen LogP contribution in [-0.2, 0) is 6.54 Å². The van der Waals surface area contributed by atoms with Gasteiger partial charge in [0.25, 0.3) is 0 Å². The van der Waals surface area contributed by atoms with Gasteiger partial charge in [-0.3, -0.25) is 0 Å². The molecule has 0 unspecified atom stereocenters. The maximum Gasteiger partial charge on any atom is 0.406 e. The Morgan fingerprint density at radius 3 is 2.58 bits per heavy atom. The Labute approximate surface area is 145 Å². The zero-order valence-electron chi connectivity index (χ0n) is 13.9. The molecule has 0 fully saturated rings. The molecule has 4 rings (SSSR count). The second-order valence-corrected chi connectivity index (χ2v) is 5.97. The molecule has 0 radical (unpaired) electrons. The van der Waals surface area contributed by atoms with Gasteiger partial charge in [0.2, 0.25) is 0 Å². The maximum atomic E-state index is 12.9. The van der Waals surface area contributed by atoms with E-state index in [2.05, 4.69) is 20.1 Å². The van der Waals surface area contributed by atoms with E-state index in [4.69, 9.17) is 5.73 Å². The topological polar surface area (TPSA) is 86.9 Å². The number of alkyl halides is 3. The molecule has 134 valence electrons. The SMILES string of the molecule is Cc1nc(N)c2c(-c3ccc4nc(C)n(CC(F)(F)F)c4n3)ccn2n1. The highest BCUT2D eigenvalue weighted by atomic mass is 19.4. The Bertz CT molecular complexity index is 1140. The van der Waals surface area contributed by atoms with Crippen LogP contribution < -0.4 is 5.73 Å². The first-order valence-electron chi connectivity index (χ1n) is 7.75. The molecule has 0 saturated carbocycles. The summed E-state index contributed by atoms with van der Waals surface area (Å²) in [7, 11) is 0. The first kappa shape index (κ1) is 16.3. The number of halogens is 3. The minimum atomic E-state index is -4.37. The van der Waals surface area contributed by atoms with Crippen LogP contribution in [-0.4, -0.2) is 35.3 Å². The number of nitrogens with zero attached hydrogens (tertiary/aromatic N) is 6. The van der Waals surface area contributed by atoms with Gasteiger partial charge in [-0.1, -0.05) is 0 Å². The normalized spacial score (nSPS) is 12.3. The van der Waals surface area contributed by atoms with Gasteiger partial charge in [-0.05, 0) is 32.0 Å². The van der Waals surface area contributed by atoms with Gasteiger partial charge >= 0.3 is 6.18 Å². The third-order valence-corrected chi connectivity index (χ3v) is 4.04. The summed E-state index contributed by atoms with van der Waals surface area (Å²) in [6.45, 7) is 2.10. The summed E-state index contributed by atoms with van der Waals surface area (Å²) in [5.41, 5.74) is 8.25. The molecule has 2 N–H and O–H groups in total. The summed E-state index contributed by atoms with van der Waals surface area (Å²) < 4.78 is 41.3. The lowest BCUT2D eigenvalue weighted by Gasteiger charge is -2.10. The van der Waals surface area contributed by atoms with E-state index in [1.807, 2.05) is 0 Å². The van der Waals surface area contributed by atoms with Crippen molar-refractivity contribution in [3.63, 3.8) is 0 Å². The Morgan fingerprint density at radius 2 is 1.85 bits per heavy atom. The van der Waals surface area contributed by atoms with E-state index in [0.717, 1.165) is 4.57 Å². The number of hydrogen-bond acceptors (Lipinski definition) is 5. The van der Waals surface area contributed by atoms with Crippen molar-refractivity contribution in [3.8, 4) is 11.3 Å². The predicted octanol–water partition coefficient (Wildman–Crippen LogP) is 2.90. The monoisotopic (exact) mass is 361 g/mol. The van der Waals surface area contributed by atoms with Gasteiger partial charge in [-0.2, -0.15) is 18.3 Å². The number of aromatic nitrogens is 6. The summed E-state index contributed by atoms with van der Waals surface area (Å²) in [4.78, 5) is 12.7. The first-order chi connectivity index (χ1) is 12.2. The molecule has 0 saturated heterocycles. The van der Waals surface area contributed by atoms with Crippen LogP contribution in [0.4, 0.5) is 19.0 Å². The van der Waals surface area contributed by atoms with Crippen LogP contribution in [0.5, 0.6) is 0 Å². The molecular formula is C16H14F3N7. The van der Waals surface area contributed by atoms with E-state index < -0.39 is 12.7 Å². The first-order valence-corrected chi connectivity index (χ1v) is 7.75. The van der Waals surface area contributed by atoms with Gasteiger partial charge in [-0.15, -0.1) is 0 Å². The molecule has 26 heavy (non-hydrogen) atoms. The smallest absolute Gasteiger partial charge is 0.382 e. The summed E-state index contributed by atoms with van der Waals surface area (Å²) in [5.74, 6) is 1.04. The number of hydrogen-bond donors (Lipinski definition) is 1. The molecule has 4 aromatic heterocycles. The molecule has 0 aliphatic rings. The fourth-order valence-electron chi connectivity index (χ4n) is 3.01. The molecule has 0 spiro atoms. The number of fused-ring (bicyclic) bond motifs is 2. The number of rotatable bonds is 2. The molecule has 0 atom stereocenters. The molecular weight excluding hydrogens is 347 g/mol. The van der Waals surface area contributed by atoms with E-state index >= 15 is 0 Å². The standard InChI is InChI=1S/C16H14F3N7/c1-8-21-14(20)13-10(5-6-26(13)24-8)11-3-4-12-15(23-11)25(9(2)22-12)7-16(17,18)19/h3-6H,7H2,1-2H3,(H2,20,21,24). The molecule has 0 aliphatic heterocycles. The van der Waals surface area contributed by atoms with Crippen molar-refractivity contribution >= 4 is 22.5 Å². The number of pyridine rings is 1. The number of nitrogens with two attached hydrogens (primary N) is 1. The summed E-state index contributed by atoms with van der Waals surface area (Å²) in [5, 5.41) is 4.25. The lowest BCUT2D eigenvalue weighted by atomic mass is 10.2. The van der Waals surface area contributed by atoms with Crippen LogP contribution in [0.2, 0.25) is 0 Å². The minimum Gasteiger partial charge on any atom is -0.382 e. The molecule has 0 amide bonds. The Balaban J connectivity index is 1.92. The van der Waals surface area contributed by atoms with Gasteiger partial charge in [0.15, 0.2) is 11.5 Å². The predicted molar refractivity (Wildman–Crippen MR) is 89.5 cm³/mol. The van der Waals surface area contributed by atoms with E-state index in [0.29, 0.717) is 28.1 Å². The lowest BCUT2D eigenvalue weighted by molar-refractivity contribution is -0.140. The molecule has 10 heteroatoms. The van der Waals surface area contributed by atoms with Gasteiger partial charge in [0.1, 0.15) is 29.2 Å². The van der Waals surface area contributed by atoms with Crippen molar-refractivity contribution in [2.75, 3.05) is 5.73 Å². The van der Waals surface area contributed by atoms with E-state index in [-0.39, 0.29) is 17.3 Å². The van der Waals surface area contributed by atoms with Gasteiger partial charge in [-0.25, -0.2) is 19.5 Å². The van der Waals surface area contributed by atoms with Gasteiger partial charge in [0.05, 0.1) is 5.69 Å². The van der Waals surface area contributed by atoms with Crippen molar-refractivity contribution in [3.05, 3.63) is 36.0 Å². The fourth-order valence-corrected chi connectivity index (χ4v) is 3.01. The highest BCUT2D eigenvalue weighted by Gasteiger charge is 2.30. The highest BCUT2D eigenvalue weighted by molar-refractivity contribution is 5.88. The largest absolute Gasteiger partial charge is 0.406 e. The summed E-state index contributed by atoms with van der Waals surface area (Å²) >= 11 is 0. The summed E-state index contributed by atoms with van der Waals surface area (Å²) in [6.07, 6.45) is -2.66. The molecule has 0 aliphatic carbocycles. The van der Waals surface area contributed by atoms with Crippen LogP contribution in [0.1, 0.15) is 11.6 Å². The zero-order chi connectivity index (χ0) is 18.6. The molecule has 0 aromatic carbocycles. The molecule has 0 bridgehead atoms. The Morgan fingerprint density at radius 1 is 1.08 bits per heavy atom. The molecule has 4 heterocycles. The molecule has 4 aromatic rings. The van der Waals surface area contributed by atoms with Crippen molar-refractivity contribution in [1.29, 1.82) is 0 Å². The maximum absolute atomic E-state index is 12.9. The molecule has 7 nitrogen and oxygen atoms in total. The number of anilines is 1. The van der Waals surface area contributed by atoms with Crippen LogP contribution in [0.25, 0.3) is 27.9 Å². The van der Waals surface area contributed by atoms with E-state index in [1.165, 1.54) is 6.92 Å². The van der Waals surface area contributed by atoms with Crippen molar-refractivity contribution in [1.82, 2.24) is 29.1 Å². The Kier molecular flexibility index (Phi) is 3.40. The average Bonchev–Trinajstić information content (AvgIpc) is 3.08. The second kappa shape index (κ2) is 5.41. The summed E-state index contributed by atoms with van der Waals surface area (Å²) in [6, 6.07) is 5.10. The number of aryl methyl sites for hydroxylation is 2. The lowest BCUT2D eigenvalue weighted by Crippen LogP contribution is -2.18. The minimum absolute atomic E-state index is 0.170.